The molecule has 0 aliphatic carbocycles. The van der Waals surface area contributed by atoms with E-state index < -0.39 is 12.0 Å². The van der Waals surface area contributed by atoms with Crippen molar-refractivity contribution in [3.8, 4) is 0 Å². The van der Waals surface area contributed by atoms with Crippen molar-refractivity contribution in [1.29, 1.82) is 0 Å². The second-order valence-corrected chi connectivity index (χ2v) is 5.29. The molecule has 1 N–H and O–H groups in total. The molecule has 0 aromatic carbocycles. The smallest absolute Gasteiger partial charge is 0.325 e. The summed E-state index contributed by atoms with van der Waals surface area (Å²) in [4.78, 5) is 14.6. The van der Waals surface area contributed by atoms with E-state index in [0.717, 1.165) is 24.1 Å². The maximum absolute atomic E-state index is 11.5. The van der Waals surface area contributed by atoms with Gasteiger partial charge in [-0.3, -0.25) is 9.69 Å². The molecular weight excluding hydrogens is 252 g/mol. The van der Waals surface area contributed by atoms with Crippen LogP contribution in [0.5, 0.6) is 0 Å². The van der Waals surface area contributed by atoms with Gasteiger partial charge in [-0.15, -0.1) is 11.3 Å². The topological polar surface area (TPSA) is 66.6 Å². The summed E-state index contributed by atoms with van der Waals surface area (Å²) in [5.74, 6) is -0.800. The van der Waals surface area contributed by atoms with E-state index in [1.165, 1.54) is 4.88 Å². The first-order valence-electron chi connectivity index (χ1n) is 5.67. The fourth-order valence-corrected chi connectivity index (χ4v) is 3.27. The SMILES string of the molecule is O=C(O)C1c2ccsc2CCN1Cc1cnoc1. The minimum atomic E-state index is -0.800. The highest BCUT2D eigenvalue weighted by Crippen LogP contribution is 2.34. The monoisotopic (exact) mass is 264 g/mol. The molecule has 1 atom stereocenters. The van der Waals surface area contributed by atoms with Gasteiger partial charge in [0.1, 0.15) is 12.3 Å². The third-order valence-corrected chi connectivity index (χ3v) is 4.17. The second kappa shape index (κ2) is 4.55. The molecule has 0 amide bonds. The standard InChI is InChI=1S/C12H12N2O3S/c15-12(16)11-9-2-4-18-10(9)1-3-14(11)6-8-5-13-17-7-8/h2,4-5,7,11H,1,3,6H2,(H,15,16). The van der Waals surface area contributed by atoms with Crippen LogP contribution in [-0.4, -0.2) is 27.7 Å². The Morgan fingerprint density at radius 3 is 3.28 bits per heavy atom. The maximum atomic E-state index is 11.5. The molecule has 0 saturated carbocycles. The molecule has 94 valence electrons. The highest BCUT2D eigenvalue weighted by Gasteiger charge is 2.33. The Kier molecular flexibility index (Phi) is 2.89. The van der Waals surface area contributed by atoms with Gasteiger partial charge >= 0.3 is 5.97 Å². The average Bonchev–Trinajstić information content (AvgIpc) is 2.98. The predicted molar refractivity (Wildman–Crippen MR) is 65.3 cm³/mol. The van der Waals surface area contributed by atoms with Gasteiger partial charge in [0.15, 0.2) is 0 Å². The summed E-state index contributed by atoms with van der Waals surface area (Å²) in [5, 5.41) is 15.0. The Morgan fingerprint density at radius 2 is 2.56 bits per heavy atom. The first-order chi connectivity index (χ1) is 8.75. The Labute approximate surface area is 108 Å². The molecule has 0 bridgehead atoms. The molecule has 18 heavy (non-hydrogen) atoms. The van der Waals surface area contributed by atoms with Crippen LogP contribution in [0.2, 0.25) is 0 Å². The molecule has 3 heterocycles. The molecule has 6 heteroatoms. The van der Waals surface area contributed by atoms with Crippen molar-refractivity contribution in [3.63, 3.8) is 0 Å². The number of hydrogen-bond donors (Lipinski definition) is 1. The first-order valence-corrected chi connectivity index (χ1v) is 6.55. The van der Waals surface area contributed by atoms with E-state index in [1.807, 2.05) is 16.3 Å². The van der Waals surface area contributed by atoms with E-state index in [2.05, 4.69) is 5.16 Å². The van der Waals surface area contributed by atoms with Gasteiger partial charge in [0.2, 0.25) is 0 Å². The van der Waals surface area contributed by atoms with Gasteiger partial charge in [-0.25, -0.2) is 0 Å². The molecule has 0 saturated heterocycles. The fourth-order valence-electron chi connectivity index (χ4n) is 2.37. The van der Waals surface area contributed by atoms with Crippen molar-refractivity contribution in [3.05, 3.63) is 39.9 Å². The zero-order valence-electron chi connectivity index (χ0n) is 9.57. The average molecular weight is 264 g/mol. The second-order valence-electron chi connectivity index (χ2n) is 4.29. The lowest BCUT2D eigenvalue weighted by Gasteiger charge is -2.32. The number of fused-ring (bicyclic) bond motifs is 1. The van der Waals surface area contributed by atoms with Crippen molar-refractivity contribution in [2.24, 2.45) is 0 Å². The summed E-state index contributed by atoms with van der Waals surface area (Å²) in [7, 11) is 0. The Balaban J connectivity index is 1.89. The number of carboxylic acid groups (broad SMARTS) is 1. The third kappa shape index (κ3) is 1.93. The van der Waals surface area contributed by atoms with Crippen LogP contribution in [0.4, 0.5) is 0 Å². The van der Waals surface area contributed by atoms with Crippen LogP contribution in [0.25, 0.3) is 0 Å². The normalized spacial score (nSPS) is 19.7. The zero-order valence-corrected chi connectivity index (χ0v) is 10.4. The third-order valence-electron chi connectivity index (χ3n) is 3.17. The van der Waals surface area contributed by atoms with Crippen LogP contribution in [0.15, 0.2) is 28.4 Å². The highest BCUT2D eigenvalue weighted by atomic mass is 32.1. The lowest BCUT2D eigenvalue weighted by atomic mass is 9.99. The molecule has 1 unspecified atom stereocenters. The molecule has 0 radical (unpaired) electrons. The van der Waals surface area contributed by atoms with Gasteiger partial charge in [0, 0.05) is 23.5 Å². The molecular formula is C12H12N2O3S. The minimum absolute atomic E-state index is 0.551. The van der Waals surface area contributed by atoms with E-state index in [0.29, 0.717) is 6.54 Å². The van der Waals surface area contributed by atoms with Crippen LogP contribution in [0.1, 0.15) is 22.0 Å². The summed E-state index contributed by atoms with van der Waals surface area (Å²) < 4.78 is 4.78. The van der Waals surface area contributed by atoms with Crippen LogP contribution in [-0.2, 0) is 17.8 Å². The molecule has 0 fully saturated rings. The number of rotatable bonds is 3. The lowest BCUT2D eigenvalue weighted by Crippen LogP contribution is -2.38. The van der Waals surface area contributed by atoms with Crippen molar-refractivity contribution in [2.45, 2.75) is 19.0 Å². The molecule has 1 aliphatic rings. The van der Waals surface area contributed by atoms with Gasteiger partial charge in [0.05, 0.1) is 6.20 Å². The summed E-state index contributed by atoms with van der Waals surface area (Å²) in [5.41, 5.74) is 1.83. The van der Waals surface area contributed by atoms with Crippen LogP contribution < -0.4 is 0 Å². The van der Waals surface area contributed by atoms with E-state index in [-0.39, 0.29) is 0 Å². The van der Waals surface area contributed by atoms with Crippen molar-refractivity contribution in [1.82, 2.24) is 10.1 Å². The first kappa shape index (κ1) is 11.4. The van der Waals surface area contributed by atoms with E-state index >= 15 is 0 Å². The number of aromatic nitrogens is 1. The molecule has 2 aromatic rings. The van der Waals surface area contributed by atoms with Crippen molar-refractivity contribution < 1.29 is 14.4 Å². The number of aliphatic carboxylic acids is 1. The van der Waals surface area contributed by atoms with E-state index in [4.69, 9.17) is 4.52 Å². The summed E-state index contributed by atoms with van der Waals surface area (Å²) >= 11 is 1.64. The fraction of sp³-hybridized carbons (Fsp3) is 0.333. The Morgan fingerprint density at radius 1 is 1.67 bits per heavy atom. The Bertz CT molecular complexity index is 549. The van der Waals surface area contributed by atoms with Gasteiger partial charge in [-0.05, 0) is 23.4 Å². The van der Waals surface area contributed by atoms with Gasteiger partial charge in [-0.2, -0.15) is 0 Å². The number of hydrogen-bond acceptors (Lipinski definition) is 5. The van der Waals surface area contributed by atoms with E-state index in [1.54, 1.807) is 23.8 Å². The minimum Gasteiger partial charge on any atom is -0.480 e. The number of nitrogens with zero attached hydrogens (tertiary/aromatic N) is 2. The van der Waals surface area contributed by atoms with Crippen LogP contribution >= 0.6 is 11.3 Å². The number of carboxylic acids is 1. The number of thiophene rings is 1. The maximum Gasteiger partial charge on any atom is 0.325 e. The quantitative estimate of drug-likeness (QED) is 0.917. The van der Waals surface area contributed by atoms with Crippen molar-refractivity contribution in [2.75, 3.05) is 6.54 Å². The summed E-state index contributed by atoms with van der Waals surface area (Å²) in [6, 6.07) is 1.35. The van der Waals surface area contributed by atoms with Gasteiger partial charge in [-0.1, -0.05) is 5.16 Å². The molecule has 0 spiro atoms. The van der Waals surface area contributed by atoms with Gasteiger partial charge < -0.3 is 9.63 Å². The molecule has 5 nitrogen and oxygen atoms in total. The summed E-state index contributed by atoms with van der Waals surface area (Å²) in [6.07, 6.45) is 4.09. The Hall–Kier alpha value is -1.66. The van der Waals surface area contributed by atoms with Crippen LogP contribution in [0, 0.1) is 0 Å². The zero-order chi connectivity index (χ0) is 12.5. The molecule has 2 aromatic heterocycles. The van der Waals surface area contributed by atoms with Gasteiger partial charge in [0.25, 0.3) is 0 Å². The largest absolute Gasteiger partial charge is 0.480 e. The summed E-state index contributed by atoms with van der Waals surface area (Å²) in [6.45, 7) is 1.30. The molecule has 3 rings (SSSR count). The predicted octanol–water partition coefficient (Wildman–Crippen LogP) is 1.92. The number of carbonyl (C=O) groups is 1. The van der Waals surface area contributed by atoms with E-state index in [9.17, 15) is 9.90 Å². The highest BCUT2D eigenvalue weighted by molar-refractivity contribution is 7.10. The lowest BCUT2D eigenvalue weighted by molar-refractivity contribution is -0.144. The molecule has 1 aliphatic heterocycles. The van der Waals surface area contributed by atoms with Crippen LogP contribution in [0.3, 0.4) is 0 Å². The van der Waals surface area contributed by atoms with Crippen molar-refractivity contribution >= 4 is 17.3 Å².